The van der Waals surface area contributed by atoms with E-state index in [1.54, 1.807) is 4.90 Å². The van der Waals surface area contributed by atoms with Gasteiger partial charge in [0.15, 0.2) is 0 Å². The Morgan fingerprint density at radius 1 is 1.33 bits per heavy atom. The number of carbonyl (C=O) groups excluding carboxylic acids is 2. The first-order valence-corrected chi connectivity index (χ1v) is 6.88. The normalized spacial score (nSPS) is 17.9. The van der Waals surface area contributed by atoms with Crippen molar-refractivity contribution in [2.75, 3.05) is 40.0 Å². The average Bonchev–Trinajstić information content (AvgIpc) is 2.44. The minimum absolute atomic E-state index is 0. The molecule has 0 aromatic rings. The van der Waals surface area contributed by atoms with E-state index in [1.165, 1.54) is 7.11 Å². The lowest BCUT2D eigenvalue weighted by Gasteiger charge is -2.32. The lowest BCUT2D eigenvalue weighted by atomic mass is 10.0. The summed E-state index contributed by atoms with van der Waals surface area (Å²) in [6.07, 6.45) is 0. The van der Waals surface area contributed by atoms with Crippen molar-refractivity contribution in [1.82, 2.24) is 10.2 Å². The molecule has 7 nitrogen and oxygen atoms in total. The molecule has 1 aliphatic heterocycles. The standard InChI is InChI=1S/C13H25N3O4.ClH/c1-9(2)11(15-12(17)10(14)8-19-3)13(18)16-4-6-20-7-5-16;/h9-11H,4-8,14H2,1-3H3,(H,15,17);1H. The molecule has 0 saturated carbocycles. The lowest BCUT2D eigenvalue weighted by Crippen LogP contribution is -2.57. The first kappa shape index (κ1) is 20.1. The van der Waals surface area contributed by atoms with Gasteiger partial charge in [0.2, 0.25) is 11.8 Å². The fourth-order valence-electron chi connectivity index (χ4n) is 2.01. The van der Waals surface area contributed by atoms with Crippen molar-refractivity contribution in [3.8, 4) is 0 Å². The van der Waals surface area contributed by atoms with Gasteiger partial charge in [-0.15, -0.1) is 12.4 Å². The first-order chi connectivity index (χ1) is 9.47. The Balaban J connectivity index is 0.00000400. The van der Waals surface area contributed by atoms with Gasteiger partial charge in [-0.3, -0.25) is 9.59 Å². The predicted octanol–water partition coefficient (Wildman–Crippen LogP) is -0.618. The largest absolute Gasteiger partial charge is 0.383 e. The molecule has 124 valence electrons. The number of amides is 2. The third-order valence-electron chi connectivity index (χ3n) is 3.24. The summed E-state index contributed by atoms with van der Waals surface area (Å²) in [7, 11) is 1.48. The Hall–Kier alpha value is -0.890. The van der Waals surface area contributed by atoms with Crippen LogP contribution in [0.2, 0.25) is 0 Å². The first-order valence-electron chi connectivity index (χ1n) is 6.88. The molecule has 0 radical (unpaired) electrons. The molecule has 1 heterocycles. The number of rotatable bonds is 6. The number of nitrogens with zero attached hydrogens (tertiary/aromatic N) is 1. The van der Waals surface area contributed by atoms with Crippen molar-refractivity contribution < 1.29 is 19.1 Å². The van der Waals surface area contributed by atoms with Gasteiger partial charge < -0.3 is 25.4 Å². The van der Waals surface area contributed by atoms with Gasteiger partial charge in [-0.05, 0) is 5.92 Å². The number of methoxy groups -OCH3 is 1. The van der Waals surface area contributed by atoms with Gasteiger partial charge in [0, 0.05) is 20.2 Å². The molecule has 0 aromatic heterocycles. The van der Waals surface area contributed by atoms with E-state index in [0.29, 0.717) is 26.3 Å². The molecule has 1 rings (SSSR count). The Labute approximate surface area is 131 Å². The van der Waals surface area contributed by atoms with Crippen LogP contribution in [0.4, 0.5) is 0 Å². The Bertz CT molecular complexity index is 335. The van der Waals surface area contributed by atoms with Crippen molar-refractivity contribution in [3.63, 3.8) is 0 Å². The number of morpholine rings is 1. The van der Waals surface area contributed by atoms with E-state index in [9.17, 15) is 9.59 Å². The predicted molar refractivity (Wildman–Crippen MR) is 81.3 cm³/mol. The highest BCUT2D eigenvalue weighted by Crippen LogP contribution is 2.08. The van der Waals surface area contributed by atoms with Crippen LogP contribution in [0.25, 0.3) is 0 Å². The van der Waals surface area contributed by atoms with Crippen molar-refractivity contribution in [1.29, 1.82) is 0 Å². The highest BCUT2D eigenvalue weighted by atomic mass is 35.5. The summed E-state index contributed by atoms with van der Waals surface area (Å²) in [5.74, 6) is -0.461. The third kappa shape index (κ3) is 6.17. The molecule has 8 heteroatoms. The second-order valence-electron chi connectivity index (χ2n) is 5.23. The maximum Gasteiger partial charge on any atom is 0.245 e. The van der Waals surface area contributed by atoms with Gasteiger partial charge >= 0.3 is 0 Å². The van der Waals surface area contributed by atoms with Crippen LogP contribution in [0.3, 0.4) is 0 Å². The van der Waals surface area contributed by atoms with Gasteiger partial charge in [0.1, 0.15) is 12.1 Å². The fraction of sp³-hybridized carbons (Fsp3) is 0.846. The maximum atomic E-state index is 12.4. The quantitative estimate of drug-likeness (QED) is 0.679. The number of nitrogens with one attached hydrogen (secondary N) is 1. The number of hydrogen-bond acceptors (Lipinski definition) is 5. The number of ether oxygens (including phenoxy) is 2. The molecule has 1 fully saturated rings. The molecule has 21 heavy (non-hydrogen) atoms. The minimum Gasteiger partial charge on any atom is -0.383 e. The fourth-order valence-corrected chi connectivity index (χ4v) is 2.01. The maximum absolute atomic E-state index is 12.4. The number of hydrogen-bond donors (Lipinski definition) is 2. The van der Waals surface area contributed by atoms with E-state index >= 15 is 0 Å². The van der Waals surface area contributed by atoms with E-state index < -0.39 is 12.1 Å². The van der Waals surface area contributed by atoms with Crippen LogP contribution in [-0.2, 0) is 19.1 Å². The number of halogens is 1. The SMILES string of the molecule is COCC(N)C(=O)NC(C(=O)N1CCOCC1)C(C)C.Cl. The molecule has 2 unspecified atom stereocenters. The van der Waals surface area contributed by atoms with Crippen LogP contribution in [0.5, 0.6) is 0 Å². The Kier molecular flexibility index (Phi) is 9.52. The molecule has 3 N–H and O–H groups in total. The number of nitrogens with two attached hydrogens (primary N) is 1. The van der Waals surface area contributed by atoms with E-state index in [-0.39, 0.29) is 36.7 Å². The molecule has 1 aliphatic rings. The number of carbonyl (C=O) groups is 2. The van der Waals surface area contributed by atoms with Crippen molar-refractivity contribution in [3.05, 3.63) is 0 Å². The summed E-state index contributed by atoms with van der Waals surface area (Å²) < 4.78 is 10.1. The van der Waals surface area contributed by atoms with E-state index in [0.717, 1.165) is 0 Å². The third-order valence-corrected chi connectivity index (χ3v) is 3.24. The monoisotopic (exact) mass is 323 g/mol. The molecule has 1 saturated heterocycles. The molecule has 0 bridgehead atoms. The smallest absolute Gasteiger partial charge is 0.245 e. The van der Waals surface area contributed by atoms with Crippen LogP contribution in [0.1, 0.15) is 13.8 Å². The summed E-state index contributed by atoms with van der Waals surface area (Å²) in [4.78, 5) is 26.1. The van der Waals surface area contributed by atoms with Gasteiger partial charge in [0.05, 0.1) is 19.8 Å². The zero-order valence-electron chi connectivity index (χ0n) is 12.8. The molecule has 0 aliphatic carbocycles. The van der Waals surface area contributed by atoms with Gasteiger partial charge in [-0.1, -0.05) is 13.8 Å². The average molecular weight is 324 g/mol. The second kappa shape index (κ2) is 9.94. The molecular weight excluding hydrogens is 298 g/mol. The molecular formula is C13H26ClN3O4. The summed E-state index contributed by atoms with van der Waals surface area (Å²) in [6, 6.07) is -1.33. The van der Waals surface area contributed by atoms with E-state index in [1.807, 2.05) is 13.8 Å². The van der Waals surface area contributed by atoms with Crippen LogP contribution >= 0.6 is 12.4 Å². The van der Waals surface area contributed by atoms with Crippen LogP contribution in [0, 0.1) is 5.92 Å². The van der Waals surface area contributed by atoms with Crippen LogP contribution < -0.4 is 11.1 Å². The molecule has 2 amide bonds. The van der Waals surface area contributed by atoms with Crippen LogP contribution in [0.15, 0.2) is 0 Å². The Morgan fingerprint density at radius 3 is 2.38 bits per heavy atom. The van der Waals surface area contributed by atoms with Gasteiger partial charge in [0.25, 0.3) is 0 Å². The highest BCUT2D eigenvalue weighted by molar-refractivity contribution is 5.90. The Morgan fingerprint density at radius 2 is 1.90 bits per heavy atom. The summed E-state index contributed by atoms with van der Waals surface area (Å²) >= 11 is 0. The molecule has 0 aromatic carbocycles. The van der Waals surface area contributed by atoms with Gasteiger partial charge in [-0.25, -0.2) is 0 Å². The van der Waals surface area contributed by atoms with E-state index in [2.05, 4.69) is 5.32 Å². The summed E-state index contributed by atoms with van der Waals surface area (Å²) in [6.45, 7) is 6.10. The summed E-state index contributed by atoms with van der Waals surface area (Å²) in [5.41, 5.74) is 5.67. The highest BCUT2D eigenvalue weighted by Gasteiger charge is 2.30. The topological polar surface area (TPSA) is 93.9 Å². The van der Waals surface area contributed by atoms with Crippen molar-refractivity contribution in [2.45, 2.75) is 25.9 Å². The minimum atomic E-state index is -0.765. The van der Waals surface area contributed by atoms with Crippen molar-refractivity contribution in [2.24, 2.45) is 11.7 Å². The molecule has 0 spiro atoms. The second-order valence-corrected chi connectivity index (χ2v) is 5.23. The zero-order chi connectivity index (χ0) is 15.1. The lowest BCUT2D eigenvalue weighted by molar-refractivity contribution is -0.141. The van der Waals surface area contributed by atoms with Gasteiger partial charge in [-0.2, -0.15) is 0 Å². The van der Waals surface area contributed by atoms with E-state index in [4.69, 9.17) is 15.2 Å². The van der Waals surface area contributed by atoms with Crippen LogP contribution in [-0.4, -0.2) is 68.8 Å². The molecule has 2 atom stereocenters. The van der Waals surface area contributed by atoms with Crippen molar-refractivity contribution >= 4 is 24.2 Å². The summed E-state index contributed by atoms with van der Waals surface area (Å²) in [5, 5.41) is 2.72. The zero-order valence-corrected chi connectivity index (χ0v) is 13.6.